The zero-order valence-corrected chi connectivity index (χ0v) is 9.79. The quantitative estimate of drug-likeness (QED) is 0.716. The number of ether oxygens (including phenoxy) is 2. The first kappa shape index (κ1) is 12.5. The molecule has 1 rings (SSSR count). The summed E-state index contributed by atoms with van der Waals surface area (Å²) in [7, 11) is 0. The van der Waals surface area contributed by atoms with Crippen molar-refractivity contribution in [1.82, 2.24) is 0 Å². The van der Waals surface area contributed by atoms with Crippen LogP contribution in [0.5, 0.6) is 0 Å². The molecule has 4 nitrogen and oxygen atoms in total. The predicted octanol–water partition coefficient (Wildman–Crippen LogP) is 1.08. The lowest BCUT2D eigenvalue weighted by molar-refractivity contribution is -0.150. The molecular weight excluding hydrogens is 194 g/mol. The van der Waals surface area contributed by atoms with Crippen molar-refractivity contribution in [2.45, 2.75) is 45.8 Å². The van der Waals surface area contributed by atoms with Crippen LogP contribution in [0.3, 0.4) is 0 Å². The van der Waals surface area contributed by atoms with Crippen LogP contribution in [0.2, 0.25) is 0 Å². The van der Waals surface area contributed by atoms with Crippen LogP contribution < -0.4 is 5.73 Å². The van der Waals surface area contributed by atoms with E-state index in [1.807, 2.05) is 20.8 Å². The minimum atomic E-state index is -0.215. The Bertz CT molecular complexity index is 216. The first-order chi connectivity index (χ1) is 6.89. The monoisotopic (exact) mass is 215 g/mol. The van der Waals surface area contributed by atoms with Gasteiger partial charge in [-0.05, 0) is 5.41 Å². The van der Waals surface area contributed by atoms with E-state index in [0.717, 1.165) is 6.42 Å². The summed E-state index contributed by atoms with van der Waals surface area (Å²) in [4.78, 5) is 11.5. The van der Waals surface area contributed by atoms with E-state index >= 15 is 0 Å². The van der Waals surface area contributed by atoms with Crippen molar-refractivity contribution in [2.24, 2.45) is 11.1 Å². The van der Waals surface area contributed by atoms with Crippen LogP contribution in [0, 0.1) is 5.41 Å². The first-order valence-electron chi connectivity index (χ1n) is 5.42. The molecule has 0 radical (unpaired) electrons. The second-order valence-corrected chi connectivity index (χ2v) is 5.15. The average molecular weight is 215 g/mol. The van der Waals surface area contributed by atoms with Crippen molar-refractivity contribution in [3.05, 3.63) is 0 Å². The SMILES string of the molecule is CC(C)(C)C(N)CC(=O)OC1CCOC1. The van der Waals surface area contributed by atoms with Crippen LogP contribution in [-0.4, -0.2) is 31.3 Å². The van der Waals surface area contributed by atoms with E-state index in [4.69, 9.17) is 15.2 Å². The van der Waals surface area contributed by atoms with E-state index in [2.05, 4.69) is 0 Å². The minimum absolute atomic E-state index is 0.0643. The normalized spacial score (nSPS) is 23.9. The highest BCUT2D eigenvalue weighted by molar-refractivity contribution is 5.70. The first-order valence-corrected chi connectivity index (χ1v) is 5.42. The molecular formula is C11H21NO3. The minimum Gasteiger partial charge on any atom is -0.460 e. The van der Waals surface area contributed by atoms with Crippen LogP contribution >= 0.6 is 0 Å². The smallest absolute Gasteiger partial charge is 0.307 e. The van der Waals surface area contributed by atoms with Crippen LogP contribution in [-0.2, 0) is 14.3 Å². The van der Waals surface area contributed by atoms with Gasteiger partial charge in [0, 0.05) is 12.5 Å². The molecule has 1 heterocycles. The van der Waals surface area contributed by atoms with Crippen molar-refractivity contribution < 1.29 is 14.3 Å². The lowest BCUT2D eigenvalue weighted by Crippen LogP contribution is -2.38. The number of esters is 1. The topological polar surface area (TPSA) is 61.6 Å². The summed E-state index contributed by atoms with van der Waals surface area (Å²) < 4.78 is 10.4. The fraction of sp³-hybridized carbons (Fsp3) is 0.909. The highest BCUT2D eigenvalue weighted by Crippen LogP contribution is 2.20. The van der Waals surface area contributed by atoms with E-state index < -0.39 is 0 Å². The molecule has 15 heavy (non-hydrogen) atoms. The number of carbonyl (C=O) groups excluding carboxylic acids is 1. The van der Waals surface area contributed by atoms with Gasteiger partial charge in [0.25, 0.3) is 0 Å². The predicted molar refractivity (Wildman–Crippen MR) is 57.4 cm³/mol. The standard InChI is InChI=1S/C11H21NO3/c1-11(2,3)9(12)6-10(13)15-8-4-5-14-7-8/h8-9H,4-7,12H2,1-3H3. The van der Waals surface area contributed by atoms with E-state index in [-0.39, 0.29) is 30.0 Å². The van der Waals surface area contributed by atoms with Gasteiger partial charge < -0.3 is 15.2 Å². The summed E-state index contributed by atoms with van der Waals surface area (Å²) in [5, 5.41) is 0. The lowest BCUT2D eigenvalue weighted by Gasteiger charge is -2.26. The van der Waals surface area contributed by atoms with Gasteiger partial charge >= 0.3 is 5.97 Å². The molecule has 0 aromatic heterocycles. The molecule has 2 atom stereocenters. The Labute approximate surface area is 91.1 Å². The largest absolute Gasteiger partial charge is 0.460 e. The number of carbonyl (C=O) groups is 1. The average Bonchev–Trinajstić information content (AvgIpc) is 2.54. The Hall–Kier alpha value is -0.610. The lowest BCUT2D eigenvalue weighted by atomic mass is 9.85. The van der Waals surface area contributed by atoms with Crippen LogP contribution in [0.25, 0.3) is 0 Å². The van der Waals surface area contributed by atoms with E-state index in [1.54, 1.807) is 0 Å². The summed E-state index contributed by atoms with van der Waals surface area (Å²) >= 11 is 0. The Kier molecular flexibility index (Phi) is 4.11. The Balaban J connectivity index is 2.29. The van der Waals surface area contributed by atoms with Crippen molar-refractivity contribution in [3.63, 3.8) is 0 Å². The highest BCUT2D eigenvalue weighted by atomic mass is 16.6. The van der Waals surface area contributed by atoms with Crippen molar-refractivity contribution in [3.8, 4) is 0 Å². The van der Waals surface area contributed by atoms with Gasteiger partial charge in [-0.15, -0.1) is 0 Å². The third kappa shape index (κ3) is 4.18. The van der Waals surface area contributed by atoms with Gasteiger partial charge in [-0.1, -0.05) is 20.8 Å². The van der Waals surface area contributed by atoms with E-state index in [1.165, 1.54) is 0 Å². The maximum atomic E-state index is 11.5. The molecule has 0 bridgehead atoms. The molecule has 1 saturated heterocycles. The molecule has 0 spiro atoms. The molecule has 4 heteroatoms. The molecule has 1 aliphatic heterocycles. The molecule has 0 aromatic carbocycles. The third-order valence-corrected chi connectivity index (χ3v) is 2.68. The summed E-state index contributed by atoms with van der Waals surface area (Å²) in [6.07, 6.45) is 1.01. The second kappa shape index (κ2) is 4.94. The molecule has 0 aliphatic carbocycles. The summed E-state index contributed by atoms with van der Waals surface area (Å²) in [5.41, 5.74) is 5.83. The molecule has 88 valence electrons. The Morgan fingerprint density at radius 2 is 2.27 bits per heavy atom. The van der Waals surface area contributed by atoms with E-state index in [0.29, 0.717) is 13.2 Å². The number of hydrogen-bond donors (Lipinski definition) is 1. The van der Waals surface area contributed by atoms with Crippen LogP contribution in [0.4, 0.5) is 0 Å². The third-order valence-electron chi connectivity index (χ3n) is 2.68. The molecule has 0 saturated carbocycles. The summed E-state index contributed by atoms with van der Waals surface area (Å²) in [6.45, 7) is 7.26. The molecule has 2 unspecified atom stereocenters. The van der Waals surface area contributed by atoms with Crippen LogP contribution in [0.15, 0.2) is 0 Å². The zero-order chi connectivity index (χ0) is 11.5. The molecule has 0 aromatic rings. The van der Waals surface area contributed by atoms with Gasteiger partial charge in [0.05, 0.1) is 19.6 Å². The van der Waals surface area contributed by atoms with Crippen molar-refractivity contribution in [2.75, 3.05) is 13.2 Å². The summed E-state index contributed by atoms with van der Waals surface area (Å²) in [6, 6.07) is -0.160. The molecule has 2 N–H and O–H groups in total. The maximum Gasteiger partial charge on any atom is 0.307 e. The van der Waals surface area contributed by atoms with Gasteiger partial charge in [-0.25, -0.2) is 0 Å². The fourth-order valence-electron chi connectivity index (χ4n) is 1.33. The number of rotatable bonds is 3. The molecule has 0 amide bonds. The maximum absolute atomic E-state index is 11.5. The molecule has 1 aliphatic rings. The van der Waals surface area contributed by atoms with Gasteiger partial charge in [0.2, 0.25) is 0 Å². The van der Waals surface area contributed by atoms with Gasteiger partial charge in [-0.2, -0.15) is 0 Å². The number of nitrogens with two attached hydrogens (primary N) is 1. The van der Waals surface area contributed by atoms with Crippen molar-refractivity contribution >= 4 is 5.97 Å². The van der Waals surface area contributed by atoms with Crippen LogP contribution in [0.1, 0.15) is 33.6 Å². The van der Waals surface area contributed by atoms with Gasteiger partial charge in [0.1, 0.15) is 6.10 Å². The van der Waals surface area contributed by atoms with Crippen molar-refractivity contribution in [1.29, 1.82) is 0 Å². The fourth-order valence-corrected chi connectivity index (χ4v) is 1.33. The zero-order valence-electron chi connectivity index (χ0n) is 9.79. The Morgan fingerprint density at radius 1 is 1.60 bits per heavy atom. The second-order valence-electron chi connectivity index (χ2n) is 5.15. The number of hydrogen-bond acceptors (Lipinski definition) is 4. The summed E-state index contributed by atoms with van der Waals surface area (Å²) in [5.74, 6) is -0.215. The van der Waals surface area contributed by atoms with Gasteiger partial charge in [-0.3, -0.25) is 4.79 Å². The highest BCUT2D eigenvalue weighted by Gasteiger charge is 2.26. The Morgan fingerprint density at radius 3 is 2.73 bits per heavy atom. The van der Waals surface area contributed by atoms with E-state index in [9.17, 15) is 4.79 Å². The van der Waals surface area contributed by atoms with Gasteiger partial charge in [0.15, 0.2) is 0 Å². The molecule has 1 fully saturated rings.